The van der Waals surface area contributed by atoms with Crippen molar-refractivity contribution in [2.75, 3.05) is 7.11 Å². The highest BCUT2D eigenvalue weighted by atomic mass is 28.3. The average Bonchev–Trinajstić information content (AvgIpc) is 2.94. The second-order valence-electron chi connectivity index (χ2n) is 7.54. The van der Waals surface area contributed by atoms with Crippen molar-refractivity contribution >= 4 is 19.1 Å². The van der Waals surface area contributed by atoms with Crippen molar-refractivity contribution in [1.82, 2.24) is 4.23 Å². The Morgan fingerprint density at radius 3 is 2.13 bits per heavy atom. The van der Waals surface area contributed by atoms with Crippen LogP contribution in [0.15, 0.2) is 24.4 Å². The van der Waals surface area contributed by atoms with E-state index in [1.165, 1.54) is 22.9 Å². The minimum absolute atomic E-state index is 0.679. The molecule has 128 valence electrons. The molecule has 2 rings (SSSR count). The first-order valence-electron chi connectivity index (χ1n) is 8.97. The van der Waals surface area contributed by atoms with Crippen molar-refractivity contribution in [3.05, 3.63) is 30.0 Å². The topological polar surface area (TPSA) is 14.2 Å². The molecule has 1 aromatic carbocycles. The summed E-state index contributed by atoms with van der Waals surface area (Å²) < 4.78 is 8.42. The van der Waals surface area contributed by atoms with E-state index in [0.717, 1.165) is 11.3 Å². The molecule has 1 aromatic heterocycles. The highest BCUT2D eigenvalue weighted by molar-refractivity contribution is 6.82. The molecule has 0 spiro atoms. The number of hydrogen-bond acceptors (Lipinski definition) is 1. The first-order valence-corrected chi connectivity index (χ1v) is 11.1. The Labute approximate surface area is 142 Å². The number of hydrogen-bond donors (Lipinski definition) is 0. The van der Waals surface area contributed by atoms with E-state index in [1.807, 2.05) is 0 Å². The molecule has 0 saturated heterocycles. The molecule has 2 aromatic rings. The molecule has 0 aliphatic rings. The summed E-state index contributed by atoms with van der Waals surface area (Å²) in [7, 11) is 0.0145. The van der Waals surface area contributed by atoms with Crippen molar-refractivity contribution in [2.45, 2.75) is 71.5 Å². The van der Waals surface area contributed by atoms with Crippen LogP contribution in [0.3, 0.4) is 0 Å². The summed E-state index contributed by atoms with van der Waals surface area (Å²) in [6, 6.07) is 6.59. The third-order valence-corrected chi connectivity index (χ3v) is 12.8. The van der Waals surface area contributed by atoms with E-state index < -0.39 is 8.24 Å². The average molecular weight is 332 g/mol. The maximum absolute atomic E-state index is 5.75. The van der Waals surface area contributed by atoms with Crippen LogP contribution >= 0.6 is 0 Å². The van der Waals surface area contributed by atoms with Gasteiger partial charge in [0.2, 0.25) is 0 Å². The SMILES string of the molecule is CCC(C)[Si](C(C)C)(C(C)C)n1ccc2c(C)ccc(OC)c21. The highest BCUT2D eigenvalue weighted by Crippen LogP contribution is 2.47. The molecule has 1 heterocycles. The Bertz CT molecular complexity index is 664. The minimum Gasteiger partial charge on any atom is -0.495 e. The van der Waals surface area contributed by atoms with Gasteiger partial charge in [0.05, 0.1) is 12.6 Å². The van der Waals surface area contributed by atoms with Gasteiger partial charge in [-0.25, -0.2) is 0 Å². The first kappa shape index (κ1) is 18.1. The molecule has 2 nitrogen and oxygen atoms in total. The molecule has 1 unspecified atom stereocenters. The van der Waals surface area contributed by atoms with Gasteiger partial charge in [-0.2, -0.15) is 0 Å². The quantitative estimate of drug-likeness (QED) is 0.561. The Morgan fingerprint density at radius 2 is 1.65 bits per heavy atom. The van der Waals surface area contributed by atoms with Crippen LogP contribution in [0.2, 0.25) is 16.6 Å². The van der Waals surface area contributed by atoms with Crippen LogP contribution in [0.25, 0.3) is 10.9 Å². The van der Waals surface area contributed by atoms with Gasteiger partial charge < -0.3 is 8.97 Å². The monoisotopic (exact) mass is 331 g/mol. The third-order valence-electron chi connectivity index (χ3n) is 5.92. The van der Waals surface area contributed by atoms with Gasteiger partial charge in [0.25, 0.3) is 0 Å². The zero-order chi connectivity index (χ0) is 17.4. The molecule has 0 N–H and O–H groups in total. The largest absolute Gasteiger partial charge is 0.495 e. The summed E-state index contributed by atoms with van der Waals surface area (Å²) in [6.45, 7) is 16.7. The Balaban J connectivity index is 2.89. The van der Waals surface area contributed by atoms with Gasteiger partial charge in [-0.15, -0.1) is 0 Å². The van der Waals surface area contributed by atoms with Crippen LogP contribution in [0, 0.1) is 6.92 Å². The number of aryl methyl sites for hydroxylation is 1. The maximum atomic E-state index is 5.75. The normalized spacial score (nSPS) is 14.0. The lowest BCUT2D eigenvalue weighted by atomic mass is 10.1. The summed E-state index contributed by atoms with van der Waals surface area (Å²) in [4.78, 5) is 0. The number of methoxy groups -OCH3 is 1. The second-order valence-corrected chi connectivity index (χ2v) is 13.1. The highest BCUT2D eigenvalue weighted by Gasteiger charge is 2.47. The number of benzene rings is 1. The van der Waals surface area contributed by atoms with Crippen molar-refractivity contribution in [2.24, 2.45) is 0 Å². The number of nitrogens with zero attached hydrogens (tertiary/aromatic N) is 1. The molecule has 0 saturated carbocycles. The Morgan fingerprint density at radius 1 is 1.04 bits per heavy atom. The van der Waals surface area contributed by atoms with Gasteiger partial charge in [0.1, 0.15) is 5.75 Å². The van der Waals surface area contributed by atoms with E-state index in [4.69, 9.17) is 4.74 Å². The smallest absolute Gasteiger partial charge is 0.169 e. The number of ether oxygens (including phenoxy) is 1. The minimum atomic E-state index is -1.78. The summed E-state index contributed by atoms with van der Waals surface area (Å²) in [6.07, 6.45) is 3.58. The van der Waals surface area contributed by atoms with Crippen molar-refractivity contribution < 1.29 is 4.74 Å². The molecule has 0 amide bonds. The van der Waals surface area contributed by atoms with Crippen LogP contribution in [-0.2, 0) is 0 Å². The van der Waals surface area contributed by atoms with Crippen molar-refractivity contribution in [3.63, 3.8) is 0 Å². The molecule has 23 heavy (non-hydrogen) atoms. The van der Waals surface area contributed by atoms with Crippen LogP contribution in [-0.4, -0.2) is 19.6 Å². The van der Waals surface area contributed by atoms with E-state index >= 15 is 0 Å². The van der Waals surface area contributed by atoms with Crippen molar-refractivity contribution in [3.8, 4) is 5.75 Å². The molecule has 0 fully saturated rings. The van der Waals surface area contributed by atoms with E-state index in [9.17, 15) is 0 Å². The zero-order valence-electron chi connectivity index (χ0n) is 16.1. The third kappa shape index (κ3) is 2.63. The summed E-state index contributed by atoms with van der Waals surface area (Å²) >= 11 is 0. The fourth-order valence-electron chi connectivity index (χ4n) is 4.78. The number of rotatable bonds is 6. The molecule has 0 aliphatic carbocycles. The lowest BCUT2D eigenvalue weighted by Gasteiger charge is -2.45. The second kappa shape index (κ2) is 6.72. The van der Waals surface area contributed by atoms with Crippen LogP contribution < -0.4 is 4.74 Å². The fourth-order valence-corrected chi connectivity index (χ4v) is 11.6. The van der Waals surface area contributed by atoms with Crippen LogP contribution in [0.5, 0.6) is 5.75 Å². The van der Waals surface area contributed by atoms with E-state index in [2.05, 4.69) is 77.1 Å². The summed E-state index contributed by atoms with van der Waals surface area (Å²) in [5, 5.41) is 1.34. The van der Waals surface area contributed by atoms with E-state index in [0.29, 0.717) is 11.1 Å². The summed E-state index contributed by atoms with van der Waals surface area (Å²) in [5.41, 5.74) is 4.72. The van der Waals surface area contributed by atoms with Crippen LogP contribution in [0.1, 0.15) is 53.5 Å². The van der Waals surface area contributed by atoms with Gasteiger partial charge in [0.15, 0.2) is 8.24 Å². The van der Waals surface area contributed by atoms with Gasteiger partial charge in [-0.05, 0) is 47.4 Å². The fraction of sp³-hybridized carbons (Fsp3) is 0.600. The molecular weight excluding hydrogens is 298 g/mol. The first-order chi connectivity index (χ1) is 10.8. The van der Waals surface area contributed by atoms with E-state index in [1.54, 1.807) is 7.11 Å². The standard InChI is InChI=1S/C20H33NOSi/c1-9-17(7)23(14(2)3,15(4)5)21-13-12-18-16(6)10-11-19(22-8)20(18)21/h10-15,17H,9H2,1-8H3. The molecule has 1 atom stereocenters. The number of aromatic nitrogens is 1. The molecule has 0 radical (unpaired) electrons. The predicted molar refractivity (Wildman–Crippen MR) is 104 cm³/mol. The molecule has 0 bridgehead atoms. The number of fused-ring (bicyclic) bond motifs is 1. The van der Waals surface area contributed by atoms with Gasteiger partial charge in [-0.3, -0.25) is 0 Å². The van der Waals surface area contributed by atoms with Gasteiger partial charge in [0, 0.05) is 5.39 Å². The van der Waals surface area contributed by atoms with Crippen molar-refractivity contribution in [1.29, 1.82) is 0 Å². The van der Waals surface area contributed by atoms with E-state index in [-0.39, 0.29) is 0 Å². The Kier molecular flexibility index (Phi) is 5.29. The Hall–Kier alpha value is -1.22. The molecular formula is C20H33NOSi. The van der Waals surface area contributed by atoms with Gasteiger partial charge >= 0.3 is 0 Å². The lowest BCUT2D eigenvalue weighted by molar-refractivity contribution is 0.418. The predicted octanol–water partition coefficient (Wildman–Crippen LogP) is 6.37. The summed E-state index contributed by atoms with van der Waals surface area (Å²) in [5.74, 6) is 1.01. The van der Waals surface area contributed by atoms with Crippen LogP contribution in [0.4, 0.5) is 0 Å². The maximum Gasteiger partial charge on any atom is 0.169 e. The molecule has 3 heteroatoms. The zero-order valence-corrected chi connectivity index (χ0v) is 17.1. The lowest BCUT2D eigenvalue weighted by Crippen LogP contribution is -2.52. The molecule has 0 aliphatic heterocycles. The van der Waals surface area contributed by atoms with Gasteiger partial charge in [-0.1, -0.05) is 54.0 Å².